The molecule has 0 saturated carbocycles. The molecule has 2 aromatic carbocycles. The van der Waals surface area contributed by atoms with E-state index in [1.54, 1.807) is 0 Å². The molecule has 1 aliphatic heterocycles. The predicted molar refractivity (Wildman–Crippen MR) is 102 cm³/mol. The summed E-state index contributed by atoms with van der Waals surface area (Å²) in [7, 11) is 0. The van der Waals surface area contributed by atoms with Crippen molar-refractivity contribution in [3.63, 3.8) is 0 Å². The molecule has 26 heavy (non-hydrogen) atoms. The summed E-state index contributed by atoms with van der Waals surface area (Å²) in [6.07, 6.45) is 2.28. The zero-order chi connectivity index (χ0) is 18.1. The number of anilines is 1. The Morgan fingerprint density at radius 2 is 1.92 bits per heavy atom. The Kier molecular flexibility index (Phi) is 4.33. The van der Waals surface area contributed by atoms with E-state index in [-0.39, 0.29) is 12.3 Å². The second kappa shape index (κ2) is 6.79. The lowest BCUT2D eigenvalue weighted by Gasteiger charge is -2.31. The molecule has 4 nitrogen and oxygen atoms in total. The number of para-hydroxylation sites is 1. The standard InChI is InChI=1S/C22H22N2O2/c1-15-8-6-11-17-12-7-13-24(21(15)17)20(25)14-19-16(2)26-22(23-19)18-9-4-3-5-10-18/h3-6,8-11H,7,12-14H2,1-2H3. The summed E-state index contributed by atoms with van der Waals surface area (Å²) in [6, 6.07) is 16.0. The van der Waals surface area contributed by atoms with Crippen molar-refractivity contribution in [3.05, 3.63) is 71.1 Å². The predicted octanol–water partition coefficient (Wildman–Crippen LogP) is 4.48. The number of nitrogens with zero attached hydrogens (tertiary/aromatic N) is 2. The van der Waals surface area contributed by atoms with E-state index < -0.39 is 0 Å². The number of fused-ring (bicyclic) bond motifs is 1. The first-order chi connectivity index (χ1) is 12.6. The minimum Gasteiger partial charge on any atom is -0.441 e. The van der Waals surface area contributed by atoms with Crippen LogP contribution < -0.4 is 4.90 Å². The number of hydrogen-bond donors (Lipinski definition) is 0. The Morgan fingerprint density at radius 1 is 1.12 bits per heavy atom. The second-order valence-electron chi connectivity index (χ2n) is 6.80. The lowest BCUT2D eigenvalue weighted by molar-refractivity contribution is -0.118. The monoisotopic (exact) mass is 346 g/mol. The van der Waals surface area contributed by atoms with Crippen LogP contribution in [0.2, 0.25) is 0 Å². The fraction of sp³-hybridized carbons (Fsp3) is 0.273. The van der Waals surface area contributed by atoms with Gasteiger partial charge in [-0.25, -0.2) is 4.98 Å². The highest BCUT2D eigenvalue weighted by molar-refractivity contribution is 5.96. The highest BCUT2D eigenvalue weighted by Gasteiger charge is 2.25. The molecule has 3 aromatic rings. The lowest BCUT2D eigenvalue weighted by atomic mass is 9.98. The van der Waals surface area contributed by atoms with Gasteiger partial charge in [0, 0.05) is 17.8 Å². The third-order valence-corrected chi connectivity index (χ3v) is 4.95. The van der Waals surface area contributed by atoms with Crippen LogP contribution in [0.5, 0.6) is 0 Å². The molecular weight excluding hydrogens is 324 g/mol. The molecule has 0 saturated heterocycles. The number of amides is 1. The van der Waals surface area contributed by atoms with Gasteiger partial charge in [0.15, 0.2) is 0 Å². The number of aryl methyl sites for hydroxylation is 3. The van der Waals surface area contributed by atoms with E-state index in [1.165, 1.54) is 5.56 Å². The molecule has 2 heterocycles. The fourth-order valence-electron chi connectivity index (χ4n) is 3.63. The van der Waals surface area contributed by atoms with Crippen molar-refractivity contribution >= 4 is 11.6 Å². The van der Waals surface area contributed by atoms with Crippen molar-refractivity contribution in [1.82, 2.24) is 4.98 Å². The largest absolute Gasteiger partial charge is 0.441 e. The molecule has 0 aliphatic carbocycles. The van der Waals surface area contributed by atoms with E-state index in [4.69, 9.17) is 4.42 Å². The van der Waals surface area contributed by atoms with Crippen LogP contribution in [-0.2, 0) is 17.6 Å². The smallest absolute Gasteiger partial charge is 0.233 e. The number of carbonyl (C=O) groups excluding carboxylic acids is 1. The zero-order valence-corrected chi connectivity index (χ0v) is 15.2. The van der Waals surface area contributed by atoms with Crippen molar-refractivity contribution in [2.75, 3.05) is 11.4 Å². The highest BCUT2D eigenvalue weighted by Crippen LogP contribution is 2.31. The normalized spacial score (nSPS) is 13.5. The van der Waals surface area contributed by atoms with Crippen LogP contribution in [0.25, 0.3) is 11.5 Å². The van der Waals surface area contributed by atoms with Crippen LogP contribution >= 0.6 is 0 Å². The Morgan fingerprint density at radius 3 is 2.73 bits per heavy atom. The molecule has 0 atom stereocenters. The van der Waals surface area contributed by atoms with Gasteiger partial charge in [0.25, 0.3) is 0 Å². The van der Waals surface area contributed by atoms with E-state index in [1.807, 2.05) is 42.2 Å². The quantitative estimate of drug-likeness (QED) is 0.702. The Balaban J connectivity index is 1.60. The van der Waals surface area contributed by atoms with Crippen LogP contribution in [-0.4, -0.2) is 17.4 Å². The van der Waals surface area contributed by atoms with Gasteiger partial charge in [-0.15, -0.1) is 0 Å². The van der Waals surface area contributed by atoms with Gasteiger partial charge in [-0.05, 0) is 49.9 Å². The number of rotatable bonds is 3. The number of carbonyl (C=O) groups is 1. The molecule has 0 unspecified atom stereocenters. The zero-order valence-electron chi connectivity index (χ0n) is 15.2. The molecule has 0 radical (unpaired) electrons. The minimum atomic E-state index is 0.0799. The molecular formula is C22H22N2O2. The maximum absolute atomic E-state index is 13.0. The first-order valence-corrected chi connectivity index (χ1v) is 9.04. The Labute approximate surface area is 153 Å². The van der Waals surface area contributed by atoms with E-state index >= 15 is 0 Å². The number of aromatic nitrogens is 1. The van der Waals surface area contributed by atoms with Gasteiger partial charge in [0.1, 0.15) is 5.76 Å². The first-order valence-electron chi connectivity index (χ1n) is 9.04. The third-order valence-electron chi connectivity index (χ3n) is 4.95. The van der Waals surface area contributed by atoms with Crippen LogP contribution in [0.4, 0.5) is 5.69 Å². The van der Waals surface area contributed by atoms with Gasteiger partial charge < -0.3 is 9.32 Å². The van der Waals surface area contributed by atoms with Crippen molar-refractivity contribution in [1.29, 1.82) is 0 Å². The number of hydrogen-bond acceptors (Lipinski definition) is 3. The van der Waals surface area contributed by atoms with Crippen LogP contribution in [0.3, 0.4) is 0 Å². The fourth-order valence-corrected chi connectivity index (χ4v) is 3.63. The molecule has 0 bridgehead atoms. The summed E-state index contributed by atoms with van der Waals surface area (Å²) < 4.78 is 5.80. The van der Waals surface area contributed by atoms with Crippen LogP contribution in [0, 0.1) is 13.8 Å². The van der Waals surface area contributed by atoms with Gasteiger partial charge in [-0.2, -0.15) is 0 Å². The van der Waals surface area contributed by atoms with Gasteiger partial charge in [-0.1, -0.05) is 36.4 Å². The Hall–Kier alpha value is -2.88. The van der Waals surface area contributed by atoms with Crippen molar-refractivity contribution < 1.29 is 9.21 Å². The summed E-state index contributed by atoms with van der Waals surface area (Å²) >= 11 is 0. The molecule has 132 valence electrons. The molecule has 0 fully saturated rings. The van der Waals surface area contributed by atoms with E-state index in [2.05, 4.69) is 30.1 Å². The molecule has 1 aliphatic rings. The number of benzene rings is 2. The summed E-state index contributed by atoms with van der Waals surface area (Å²) in [4.78, 5) is 19.5. The average Bonchev–Trinajstić information content (AvgIpc) is 3.03. The molecule has 0 spiro atoms. The summed E-state index contributed by atoms with van der Waals surface area (Å²) in [5, 5.41) is 0. The van der Waals surface area contributed by atoms with Crippen LogP contribution in [0.1, 0.15) is 29.0 Å². The van der Waals surface area contributed by atoms with Gasteiger partial charge in [0.05, 0.1) is 12.1 Å². The lowest BCUT2D eigenvalue weighted by Crippen LogP contribution is -2.37. The van der Waals surface area contributed by atoms with E-state index in [9.17, 15) is 4.79 Å². The minimum absolute atomic E-state index is 0.0799. The Bertz CT molecular complexity index is 944. The van der Waals surface area contributed by atoms with E-state index in [0.29, 0.717) is 11.7 Å². The van der Waals surface area contributed by atoms with Gasteiger partial charge in [0.2, 0.25) is 11.8 Å². The van der Waals surface area contributed by atoms with Crippen LogP contribution in [0.15, 0.2) is 52.9 Å². The summed E-state index contributed by atoms with van der Waals surface area (Å²) in [5.74, 6) is 1.36. The maximum Gasteiger partial charge on any atom is 0.233 e. The first kappa shape index (κ1) is 16.6. The number of oxazole rings is 1. The summed E-state index contributed by atoms with van der Waals surface area (Å²) in [6.45, 7) is 4.70. The molecule has 4 rings (SSSR count). The highest BCUT2D eigenvalue weighted by atomic mass is 16.4. The second-order valence-corrected chi connectivity index (χ2v) is 6.80. The molecule has 4 heteroatoms. The van der Waals surface area contributed by atoms with Crippen molar-refractivity contribution in [2.45, 2.75) is 33.1 Å². The van der Waals surface area contributed by atoms with Crippen molar-refractivity contribution in [2.24, 2.45) is 0 Å². The molecule has 0 N–H and O–H groups in total. The molecule has 1 aromatic heterocycles. The van der Waals surface area contributed by atoms with Gasteiger partial charge in [-0.3, -0.25) is 4.79 Å². The third kappa shape index (κ3) is 3.03. The van der Waals surface area contributed by atoms with E-state index in [0.717, 1.165) is 41.9 Å². The summed E-state index contributed by atoms with van der Waals surface area (Å²) in [5.41, 5.74) is 5.13. The topological polar surface area (TPSA) is 46.3 Å². The SMILES string of the molecule is Cc1cccc2c1N(C(=O)Cc1nc(-c3ccccc3)oc1C)CCC2. The maximum atomic E-state index is 13.0. The van der Waals surface area contributed by atoms with Gasteiger partial charge >= 0.3 is 0 Å². The van der Waals surface area contributed by atoms with Crippen molar-refractivity contribution in [3.8, 4) is 11.5 Å². The molecule has 1 amide bonds. The average molecular weight is 346 g/mol.